The van der Waals surface area contributed by atoms with E-state index in [0.717, 1.165) is 25.3 Å². The lowest BCUT2D eigenvalue weighted by molar-refractivity contribution is -0.126. The molecule has 1 aromatic carbocycles. The van der Waals surface area contributed by atoms with Gasteiger partial charge in [-0.3, -0.25) is 9.59 Å². The maximum Gasteiger partial charge on any atom is 0.227 e. The van der Waals surface area contributed by atoms with Crippen LogP contribution in [0.25, 0.3) is 0 Å². The summed E-state index contributed by atoms with van der Waals surface area (Å²) in [5, 5.41) is 2.97. The highest BCUT2D eigenvalue weighted by Crippen LogP contribution is 2.33. The summed E-state index contributed by atoms with van der Waals surface area (Å²) in [5.41, 5.74) is 0.743. The molecule has 0 radical (unpaired) electrons. The summed E-state index contributed by atoms with van der Waals surface area (Å²) in [6.45, 7) is 10.4. The standard InChI is InChI=1S/C19H29N3O3/c1-4-21(5-2)12-11-20-19(24)15-13-18(23)22(14-15)16-9-7-8-10-17(16)25-6-3/h7-10,15H,4-6,11-14H2,1-3H3,(H,20,24). The molecule has 0 saturated carbocycles. The Labute approximate surface area is 150 Å². The van der Waals surface area contributed by atoms with E-state index in [4.69, 9.17) is 4.74 Å². The number of anilines is 1. The lowest BCUT2D eigenvalue weighted by atomic mass is 10.1. The van der Waals surface area contributed by atoms with Gasteiger partial charge in [-0.05, 0) is 32.1 Å². The van der Waals surface area contributed by atoms with Gasteiger partial charge in [0.25, 0.3) is 0 Å². The number of carbonyl (C=O) groups is 2. The first-order valence-electron chi connectivity index (χ1n) is 9.12. The number of benzene rings is 1. The molecule has 1 fully saturated rings. The molecule has 1 heterocycles. The van der Waals surface area contributed by atoms with Crippen LogP contribution in [0.2, 0.25) is 0 Å². The van der Waals surface area contributed by atoms with Gasteiger partial charge in [-0.15, -0.1) is 0 Å². The van der Waals surface area contributed by atoms with Crippen LogP contribution in [0.15, 0.2) is 24.3 Å². The van der Waals surface area contributed by atoms with Crippen molar-refractivity contribution in [1.82, 2.24) is 10.2 Å². The molecule has 6 heteroatoms. The molecule has 0 aromatic heterocycles. The molecule has 1 N–H and O–H groups in total. The molecular formula is C19H29N3O3. The number of ether oxygens (including phenoxy) is 1. The molecule has 2 rings (SSSR count). The number of likely N-dealkylation sites (N-methyl/N-ethyl adjacent to an activating group) is 1. The zero-order valence-electron chi connectivity index (χ0n) is 15.5. The van der Waals surface area contributed by atoms with Gasteiger partial charge >= 0.3 is 0 Å². The third-order valence-corrected chi connectivity index (χ3v) is 4.57. The summed E-state index contributed by atoms with van der Waals surface area (Å²) in [6, 6.07) is 7.47. The molecule has 6 nitrogen and oxygen atoms in total. The molecule has 25 heavy (non-hydrogen) atoms. The van der Waals surface area contributed by atoms with Gasteiger partial charge in [0.2, 0.25) is 11.8 Å². The largest absolute Gasteiger partial charge is 0.492 e. The van der Waals surface area contributed by atoms with Crippen LogP contribution in [0.4, 0.5) is 5.69 Å². The predicted molar refractivity (Wildman–Crippen MR) is 98.9 cm³/mol. The quantitative estimate of drug-likeness (QED) is 0.741. The van der Waals surface area contributed by atoms with Crippen molar-refractivity contribution in [2.75, 3.05) is 44.2 Å². The minimum atomic E-state index is -0.307. The first-order chi connectivity index (χ1) is 12.1. The Morgan fingerprint density at radius 1 is 1.28 bits per heavy atom. The Morgan fingerprint density at radius 3 is 2.68 bits per heavy atom. The molecular weight excluding hydrogens is 318 g/mol. The lowest BCUT2D eigenvalue weighted by Gasteiger charge is -2.20. The second-order valence-corrected chi connectivity index (χ2v) is 6.12. The molecule has 1 atom stereocenters. The van der Waals surface area contributed by atoms with Crippen molar-refractivity contribution in [1.29, 1.82) is 0 Å². The summed E-state index contributed by atoms with van der Waals surface area (Å²) in [6.07, 6.45) is 0.248. The molecule has 1 aliphatic rings. The van der Waals surface area contributed by atoms with Gasteiger partial charge in [-0.2, -0.15) is 0 Å². The molecule has 1 aliphatic heterocycles. The maximum absolute atomic E-state index is 12.4. The van der Waals surface area contributed by atoms with Crippen LogP contribution < -0.4 is 15.0 Å². The summed E-state index contributed by atoms with van der Waals surface area (Å²) >= 11 is 0. The van der Waals surface area contributed by atoms with E-state index < -0.39 is 0 Å². The van der Waals surface area contributed by atoms with Gasteiger partial charge < -0.3 is 19.9 Å². The Balaban J connectivity index is 1.94. The normalized spacial score (nSPS) is 17.2. The minimum absolute atomic E-state index is 0.0314. The van der Waals surface area contributed by atoms with E-state index >= 15 is 0 Å². The van der Waals surface area contributed by atoms with Gasteiger partial charge in [0.15, 0.2) is 0 Å². The number of nitrogens with one attached hydrogen (secondary N) is 1. The Hall–Kier alpha value is -2.08. The third kappa shape index (κ3) is 4.95. The van der Waals surface area contributed by atoms with E-state index in [9.17, 15) is 9.59 Å². The fourth-order valence-electron chi connectivity index (χ4n) is 3.10. The van der Waals surface area contributed by atoms with Gasteiger partial charge in [-0.1, -0.05) is 26.0 Å². The number of hydrogen-bond acceptors (Lipinski definition) is 4. The monoisotopic (exact) mass is 347 g/mol. The SMILES string of the molecule is CCOc1ccccc1N1CC(C(=O)NCCN(CC)CC)CC1=O. The average molecular weight is 347 g/mol. The fraction of sp³-hybridized carbons (Fsp3) is 0.579. The van der Waals surface area contributed by atoms with Crippen LogP contribution >= 0.6 is 0 Å². The van der Waals surface area contributed by atoms with Crippen LogP contribution in [0.1, 0.15) is 27.2 Å². The topological polar surface area (TPSA) is 61.9 Å². The van der Waals surface area contributed by atoms with E-state index in [1.165, 1.54) is 0 Å². The van der Waals surface area contributed by atoms with E-state index in [1.54, 1.807) is 4.90 Å². The van der Waals surface area contributed by atoms with Gasteiger partial charge in [0.1, 0.15) is 5.75 Å². The van der Waals surface area contributed by atoms with Crippen LogP contribution in [-0.4, -0.2) is 56.0 Å². The van der Waals surface area contributed by atoms with Gasteiger partial charge in [0, 0.05) is 26.1 Å². The van der Waals surface area contributed by atoms with E-state index in [0.29, 0.717) is 25.4 Å². The van der Waals surface area contributed by atoms with Crippen molar-refractivity contribution < 1.29 is 14.3 Å². The number of amides is 2. The molecule has 0 bridgehead atoms. The van der Waals surface area contributed by atoms with Crippen LogP contribution in [-0.2, 0) is 9.59 Å². The number of carbonyl (C=O) groups excluding carboxylic acids is 2. The summed E-state index contributed by atoms with van der Waals surface area (Å²) < 4.78 is 5.61. The number of nitrogens with zero attached hydrogens (tertiary/aromatic N) is 2. The second-order valence-electron chi connectivity index (χ2n) is 6.12. The summed E-state index contributed by atoms with van der Waals surface area (Å²) in [4.78, 5) is 28.7. The van der Waals surface area contributed by atoms with E-state index in [-0.39, 0.29) is 24.2 Å². The summed E-state index contributed by atoms with van der Waals surface area (Å²) in [7, 11) is 0. The number of hydrogen-bond donors (Lipinski definition) is 1. The van der Waals surface area contributed by atoms with Crippen molar-refractivity contribution in [2.45, 2.75) is 27.2 Å². The van der Waals surface area contributed by atoms with Crippen LogP contribution in [0.5, 0.6) is 5.75 Å². The Bertz CT molecular complexity index is 587. The highest BCUT2D eigenvalue weighted by Gasteiger charge is 2.36. The maximum atomic E-state index is 12.4. The predicted octanol–water partition coefficient (Wildman–Crippen LogP) is 1.90. The zero-order chi connectivity index (χ0) is 18.2. The fourth-order valence-corrected chi connectivity index (χ4v) is 3.10. The highest BCUT2D eigenvalue weighted by molar-refractivity contribution is 6.01. The average Bonchev–Trinajstić information content (AvgIpc) is 3.01. The van der Waals surface area contributed by atoms with Crippen molar-refractivity contribution >= 4 is 17.5 Å². The van der Waals surface area contributed by atoms with Gasteiger partial charge in [0.05, 0.1) is 18.2 Å². The second kappa shape index (κ2) is 9.42. The minimum Gasteiger partial charge on any atom is -0.492 e. The summed E-state index contributed by atoms with van der Waals surface area (Å²) in [5.74, 6) is 0.299. The van der Waals surface area contributed by atoms with Crippen LogP contribution in [0.3, 0.4) is 0 Å². The van der Waals surface area contributed by atoms with Crippen molar-refractivity contribution in [3.63, 3.8) is 0 Å². The molecule has 1 aromatic rings. The Kier molecular flexibility index (Phi) is 7.25. The molecule has 0 aliphatic carbocycles. The molecule has 1 unspecified atom stereocenters. The van der Waals surface area contributed by atoms with E-state index in [1.807, 2.05) is 31.2 Å². The van der Waals surface area contributed by atoms with Crippen LogP contribution in [0, 0.1) is 5.92 Å². The molecule has 0 spiro atoms. The first-order valence-corrected chi connectivity index (χ1v) is 9.12. The van der Waals surface area contributed by atoms with Gasteiger partial charge in [-0.25, -0.2) is 0 Å². The highest BCUT2D eigenvalue weighted by atomic mass is 16.5. The first kappa shape index (κ1) is 19.2. The molecule has 1 saturated heterocycles. The number of rotatable bonds is 9. The van der Waals surface area contributed by atoms with Crippen molar-refractivity contribution in [2.24, 2.45) is 5.92 Å². The Morgan fingerprint density at radius 2 is 2.00 bits per heavy atom. The number of para-hydroxylation sites is 2. The van der Waals surface area contributed by atoms with Crippen molar-refractivity contribution in [3.8, 4) is 5.75 Å². The molecule has 138 valence electrons. The van der Waals surface area contributed by atoms with Crippen molar-refractivity contribution in [3.05, 3.63) is 24.3 Å². The zero-order valence-corrected chi connectivity index (χ0v) is 15.5. The molecule has 2 amide bonds. The smallest absolute Gasteiger partial charge is 0.227 e. The van der Waals surface area contributed by atoms with E-state index in [2.05, 4.69) is 24.1 Å². The lowest BCUT2D eigenvalue weighted by Crippen LogP contribution is -2.38. The third-order valence-electron chi connectivity index (χ3n) is 4.57.